The van der Waals surface area contributed by atoms with Crippen molar-refractivity contribution in [3.8, 4) is 11.8 Å². The highest BCUT2D eigenvalue weighted by Crippen LogP contribution is 2.62. The molecule has 7 rings (SSSR count). The summed E-state index contributed by atoms with van der Waals surface area (Å²) in [6.45, 7) is 6.17. The van der Waals surface area contributed by atoms with E-state index in [2.05, 4.69) is 54.3 Å². The minimum absolute atomic E-state index is 0.0236. The number of aliphatic hydroxyl groups excluding tert-OH is 1. The summed E-state index contributed by atoms with van der Waals surface area (Å²) >= 11 is 0. The third-order valence-electron chi connectivity index (χ3n) is 10.7. The van der Waals surface area contributed by atoms with Crippen LogP contribution in [0.5, 0.6) is 11.8 Å². The molecule has 2 saturated carbocycles. The predicted octanol–water partition coefficient (Wildman–Crippen LogP) is 5.93. The van der Waals surface area contributed by atoms with Gasteiger partial charge in [-0.3, -0.25) is 4.57 Å². The Morgan fingerprint density at radius 2 is 1.49 bits per heavy atom. The molecule has 0 spiro atoms. The second kappa shape index (κ2) is 9.06. The van der Waals surface area contributed by atoms with Crippen LogP contribution in [0.1, 0.15) is 79.9 Å². The smallest absolute Gasteiger partial charge is 0.197 e. The molecule has 5 heteroatoms. The summed E-state index contributed by atoms with van der Waals surface area (Å²) in [5.41, 5.74) is 3.26. The zero-order valence-corrected chi connectivity index (χ0v) is 21.9. The van der Waals surface area contributed by atoms with Crippen molar-refractivity contribution in [1.82, 2.24) is 9.47 Å². The Labute approximate surface area is 219 Å². The molecule has 0 radical (unpaired) electrons. The molecule has 0 amide bonds. The molecule has 1 aromatic heterocycles. The molecule has 2 bridgehead atoms. The molecular formula is C32H40N2O3. The topological polar surface area (TPSA) is 68.9 Å². The van der Waals surface area contributed by atoms with Gasteiger partial charge in [-0.2, -0.15) is 0 Å². The molecule has 2 heterocycles. The summed E-state index contributed by atoms with van der Waals surface area (Å²) in [4.78, 5) is 2.66. The van der Waals surface area contributed by atoms with E-state index in [0.29, 0.717) is 24.3 Å². The van der Waals surface area contributed by atoms with Crippen LogP contribution in [0.4, 0.5) is 0 Å². The maximum Gasteiger partial charge on any atom is 0.197 e. The maximum absolute atomic E-state index is 11.1. The van der Waals surface area contributed by atoms with Crippen molar-refractivity contribution in [3.05, 3.63) is 59.2 Å². The Balaban J connectivity index is 1.02. The molecule has 1 aliphatic heterocycles. The number of aliphatic hydroxyl groups is 1. The number of hydrogen-bond donors (Lipinski definition) is 3. The quantitative estimate of drug-likeness (QED) is 0.406. The minimum atomic E-state index is -0.408. The Bertz CT molecular complexity index is 1260. The van der Waals surface area contributed by atoms with Gasteiger partial charge in [-0.05, 0) is 91.1 Å². The molecule has 3 aliphatic carbocycles. The van der Waals surface area contributed by atoms with Crippen molar-refractivity contribution >= 4 is 10.8 Å². The van der Waals surface area contributed by atoms with E-state index in [-0.39, 0.29) is 29.5 Å². The van der Waals surface area contributed by atoms with Crippen molar-refractivity contribution < 1.29 is 15.3 Å². The summed E-state index contributed by atoms with van der Waals surface area (Å²) in [5.74, 6) is 2.48. The van der Waals surface area contributed by atoms with Crippen molar-refractivity contribution in [3.63, 3.8) is 0 Å². The molecular weight excluding hydrogens is 460 g/mol. The highest BCUT2D eigenvalue weighted by atomic mass is 16.3. The van der Waals surface area contributed by atoms with E-state index in [1.54, 1.807) is 4.57 Å². The van der Waals surface area contributed by atoms with E-state index in [4.69, 9.17) is 0 Å². The van der Waals surface area contributed by atoms with Gasteiger partial charge in [0.05, 0.1) is 6.10 Å². The second-order valence-corrected chi connectivity index (χ2v) is 12.5. The van der Waals surface area contributed by atoms with Gasteiger partial charge in [-0.1, -0.05) is 55.8 Å². The van der Waals surface area contributed by atoms with Crippen LogP contribution in [-0.4, -0.2) is 50.5 Å². The zero-order valence-electron chi connectivity index (χ0n) is 21.9. The number of aromatic hydroxyl groups is 2. The number of rotatable bonds is 5. The SMILES string of the molecule is CC1C2CC(c3c2c(O)n(CC2CCCC2CN2CCC(c4cccc5ccccc45)CC2)c3O)C1O. The molecule has 196 valence electrons. The first-order chi connectivity index (χ1) is 18.0. The second-order valence-electron chi connectivity index (χ2n) is 12.5. The lowest BCUT2D eigenvalue weighted by atomic mass is 9.84. The van der Waals surface area contributed by atoms with Crippen LogP contribution in [0.2, 0.25) is 0 Å². The lowest BCUT2D eigenvalue weighted by Gasteiger charge is -2.35. The summed E-state index contributed by atoms with van der Waals surface area (Å²) in [6, 6.07) is 15.5. The van der Waals surface area contributed by atoms with Crippen molar-refractivity contribution in [1.29, 1.82) is 0 Å². The molecule has 37 heavy (non-hydrogen) atoms. The Kier molecular flexibility index (Phi) is 5.78. The van der Waals surface area contributed by atoms with E-state index in [1.165, 1.54) is 42.0 Å². The highest BCUT2D eigenvalue weighted by molar-refractivity contribution is 5.86. The van der Waals surface area contributed by atoms with Crippen molar-refractivity contribution in [2.45, 2.75) is 75.9 Å². The summed E-state index contributed by atoms with van der Waals surface area (Å²) < 4.78 is 1.78. The van der Waals surface area contributed by atoms with Gasteiger partial charge in [-0.15, -0.1) is 0 Å². The number of aromatic nitrogens is 1. The third-order valence-corrected chi connectivity index (χ3v) is 10.7. The van der Waals surface area contributed by atoms with Crippen LogP contribution < -0.4 is 0 Å². The van der Waals surface area contributed by atoms with Crippen LogP contribution in [0, 0.1) is 17.8 Å². The zero-order chi connectivity index (χ0) is 25.3. The lowest BCUT2D eigenvalue weighted by molar-refractivity contribution is 0.113. The molecule has 5 nitrogen and oxygen atoms in total. The van der Waals surface area contributed by atoms with Crippen LogP contribution in [0.15, 0.2) is 42.5 Å². The summed E-state index contributed by atoms with van der Waals surface area (Å²) in [5, 5.41) is 35.6. The Morgan fingerprint density at radius 1 is 0.811 bits per heavy atom. The van der Waals surface area contributed by atoms with Crippen molar-refractivity contribution in [2.24, 2.45) is 17.8 Å². The first-order valence-electron chi connectivity index (χ1n) is 14.5. The predicted molar refractivity (Wildman–Crippen MR) is 146 cm³/mol. The number of piperidine rings is 1. The molecule has 6 unspecified atom stereocenters. The Hall–Kier alpha value is -2.50. The minimum Gasteiger partial charge on any atom is -0.494 e. The largest absolute Gasteiger partial charge is 0.494 e. The highest BCUT2D eigenvalue weighted by Gasteiger charge is 2.53. The van der Waals surface area contributed by atoms with Gasteiger partial charge in [0.1, 0.15) is 0 Å². The molecule has 3 N–H and O–H groups in total. The normalized spacial score (nSPS) is 31.9. The van der Waals surface area contributed by atoms with E-state index in [0.717, 1.165) is 43.6 Å². The molecule has 4 aliphatic rings. The van der Waals surface area contributed by atoms with E-state index >= 15 is 0 Å². The van der Waals surface area contributed by atoms with Gasteiger partial charge in [0.2, 0.25) is 0 Å². The number of nitrogens with zero attached hydrogens (tertiary/aromatic N) is 2. The van der Waals surface area contributed by atoms with E-state index in [9.17, 15) is 15.3 Å². The van der Waals surface area contributed by atoms with Gasteiger partial charge in [0.15, 0.2) is 11.8 Å². The van der Waals surface area contributed by atoms with Crippen molar-refractivity contribution in [2.75, 3.05) is 19.6 Å². The summed E-state index contributed by atoms with van der Waals surface area (Å²) in [6.07, 6.45) is 6.49. The summed E-state index contributed by atoms with van der Waals surface area (Å²) in [7, 11) is 0. The van der Waals surface area contributed by atoms with Crippen LogP contribution in [0.3, 0.4) is 0 Å². The molecule has 6 atom stereocenters. The fourth-order valence-electron chi connectivity index (χ4n) is 8.63. The fraction of sp³-hybridized carbons (Fsp3) is 0.562. The Morgan fingerprint density at radius 3 is 2.27 bits per heavy atom. The lowest BCUT2D eigenvalue weighted by Crippen LogP contribution is -2.38. The van der Waals surface area contributed by atoms with Crippen LogP contribution in [-0.2, 0) is 6.54 Å². The number of benzene rings is 2. The van der Waals surface area contributed by atoms with Gasteiger partial charge in [-0.25, -0.2) is 0 Å². The molecule has 1 saturated heterocycles. The van der Waals surface area contributed by atoms with Gasteiger partial charge in [0.25, 0.3) is 0 Å². The number of likely N-dealkylation sites (tertiary alicyclic amines) is 1. The van der Waals surface area contributed by atoms with Crippen LogP contribution in [0.25, 0.3) is 10.8 Å². The molecule has 3 aromatic rings. The van der Waals surface area contributed by atoms with E-state index in [1.807, 2.05) is 0 Å². The monoisotopic (exact) mass is 500 g/mol. The molecule has 3 fully saturated rings. The third kappa shape index (κ3) is 3.72. The standard InChI is InChI=1S/C32H40N2O3/c1-19-26-16-27(30(19)35)29-28(26)31(36)34(32(29)37)18-23-9-4-8-22(23)17-33-14-12-21(13-15-33)25-11-5-7-20-6-2-3-10-24(20)25/h2-3,5-7,10-11,19,21-23,26-27,30,35-37H,4,8-9,12-18H2,1H3. The first kappa shape index (κ1) is 23.6. The van der Waals surface area contributed by atoms with Gasteiger partial charge in [0, 0.05) is 30.1 Å². The fourth-order valence-corrected chi connectivity index (χ4v) is 8.63. The maximum atomic E-state index is 11.1. The average Bonchev–Trinajstić information content (AvgIpc) is 3.66. The first-order valence-corrected chi connectivity index (χ1v) is 14.5. The average molecular weight is 501 g/mol. The number of fused-ring (bicyclic) bond motifs is 6. The van der Waals surface area contributed by atoms with Gasteiger partial charge >= 0.3 is 0 Å². The molecule has 2 aromatic carbocycles. The van der Waals surface area contributed by atoms with Crippen LogP contribution >= 0.6 is 0 Å². The number of hydrogen-bond acceptors (Lipinski definition) is 4. The van der Waals surface area contributed by atoms with Gasteiger partial charge < -0.3 is 20.2 Å². The van der Waals surface area contributed by atoms with E-state index < -0.39 is 6.10 Å².